The third-order valence-corrected chi connectivity index (χ3v) is 3.04. The van der Waals surface area contributed by atoms with Gasteiger partial charge in [0, 0.05) is 0 Å². The number of carboxylic acids is 1. The fourth-order valence-electron chi connectivity index (χ4n) is 0.394. The van der Waals surface area contributed by atoms with E-state index in [4.69, 9.17) is 24.9 Å². The average molecular weight is 266 g/mol. The van der Waals surface area contributed by atoms with E-state index in [-0.39, 0.29) is 0 Å². The van der Waals surface area contributed by atoms with Gasteiger partial charge in [0.1, 0.15) is 0 Å². The Balaban J connectivity index is 4.23. The van der Waals surface area contributed by atoms with Crippen LogP contribution < -0.4 is 0 Å². The number of phosphoric ester groups is 1. The molecule has 0 aliphatic carbocycles. The van der Waals surface area contributed by atoms with E-state index >= 15 is 0 Å². The number of aliphatic hydroxyl groups is 1. The van der Waals surface area contributed by atoms with Crippen molar-refractivity contribution in [1.82, 2.24) is 0 Å². The first-order valence-corrected chi connectivity index (χ1v) is 6.21. The van der Waals surface area contributed by atoms with Gasteiger partial charge in [-0.1, -0.05) is 0 Å². The molecule has 0 spiro atoms. The Kier molecular flexibility index (Phi) is 5.04. The van der Waals surface area contributed by atoms with E-state index < -0.39 is 34.3 Å². The number of aliphatic carboxylic acids is 1. The van der Waals surface area contributed by atoms with Gasteiger partial charge in [-0.15, -0.1) is 0 Å². The summed E-state index contributed by atoms with van der Waals surface area (Å²) in [6.07, 6.45) is -2.11. The van der Waals surface area contributed by atoms with E-state index in [9.17, 15) is 13.9 Å². The van der Waals surface area contributed by atoms with Crippen LogP contribution in [0, 0.1) is 0 Å². The van der Waals surface area contributed by atoms with Gasteiger partial charge in [0.25, 0.3) is 0 Å². The standard InChI is InChI=1S/C3H8O10P2/c4-2(3(5)6)1-12-15(10,11)13-14(7,8)9/h2,4H,1H2,(H,5,6)(H,10,11)(H2,7,8,9). The molecule has 90 valence electrons. The molecule has 0 aliphatic heterocycles. The zero-order valence-electron chi connectivity index (χ0n) is 6.96. The molecule has 0 bridgehead atoms. The van der Waals surface area contributed by atoms with Crippen LogP contribution in [0.4, 0.5) is 0 Å². The Morgan fingerprint density at radius 2 is 1.73 bits per heavy atom. The smallest absolute Gasteiger partial charge is 0.479 e. The zero-order chi connectivity index (χ0) is 12.3. The van der Waals surface area contributed by atoms with E-state index in [2.05, 4.69) is 8.83 Å². The van der Waals surface area contributed by atoms with Gasteiger partial charge in [0.15, 0.2) is 6.10 Å². The first kappa shape index (κ1) is 14.7. The van der Waals surface area contributed by atoms with E-state index in [1.54, 1.807) is 0 Å². The van der Waals surface area contributed by atoms with Crippen molar-refractivity contribution in [1.29, 1.82) is 0 Å². The van der Waals surface area contributed by atoms with Gasteiger partial charge in [0.05, 0.1) is 6.61 Å². The van der Waals surface area contributed by atoms with Crippen molar-refractivity contribution in [2.24, 2.45) is 0 Å². The Bertz CT molecular complexity index is 317. The van der Waals surface area contributed by atoms with Crippen molar-refractivity contribution in [2.45, 2.75) is 6.10 Å². The minimum absolute atomic E-state index is 1.15. The lowest BCUT2D eigenvalue weighted by Gasteiger charge is -2.13. The summed E-state index contributed by atoms with van der Waals surface area (Å²) < 4.78 is 27.9. The number of hydrogen-bond donors (Lipinski definition) is 5. The van der Waals surface area contributed by atoms with E-state index in [1.165, 1.54) is 0 Å². The molecule has 0 saturated carbocycles. The Hall–Kier alpha value is -0.310. The third-order valence-electron chi connectivity index (χ3n) is 0.890. The summed E-state index contributed by atoms with van der Waals surface area (Å²) >= 11 is 0. The summed E-state index contributed by atoms with van der Waals surface area (Å²) in [6, 6.07) is 0. The summed E-state index contributed by atoms with van der Waals surface area (Å²) in [5.41, 5.74) is 0. The third kappa shape index (κ3) is 7.60. The van der Waals surface area contributed by atoms with Gasteiger partial charge in [-0.05, 0) is 0 Å². The maximum atomic E-state index is 10.7. The number of carbonyl (C=O) groups is 1. The molecule has 0 aromatic rings. The molecule has 10 nitrogen and oxygen atoms in total. The van der Waals surface area contributed by atoms with Gasteiger partial charge < -0.3 is 24.9 Å². The van der Waals surface area contributed by atoms with Gasteiger partial charge in [-0.3, -0.25) is 4.52 Å². The predicted octanol–water partition coefficient (Wildman–Crippen LogP) is -1.34. The summed E-state index contributed by atoms with van der Waals surface area (Å²) in [4.78, 5) is 34.9. The molecule has 2 unspecified atom stereocenters. The fraction of sp³-hybridized carbons (Fsp3) is 0.667. The minimum atomic E-state index is -5.24. The number of phosphoric acid groups is 2. The average Bonchev–Trinajstić information content (AvgIpc) is 1.95. The number of rotatable bonds is 6. The molecule has 0 radical (unpaired) electrons. The first-order chi connectivity index (χ1) is 6.53. The van der Waals surface area contributed by atoms with Crippen LogP contribution in [-0.2, 0) is 22.8 Å². The van der Waals surface area contributed by atoms with Gasteiger partial charge in [-0.25, -0.2) is 13.9 Å². The molecule has 5 N–H and O–H groups in total. The lowest BCUT2D eigenvalue weighted by Crippen LogP contribution is -2.24. The van der Waals surface area contributed by atoms with Crippen molar-refractivity contribution >= 4 is 21.6 Å². The van der Waals surface area contributed by atoms with Crippen LogP contribution in [0.25, 0.3) is 0 Å². The van der Waals surface area contributed by atoms with Gasteiger partial charge in [0.2, 0.25) is 0 Å². The largest absolute Gasteiger partial charge is 0.481 e. The number of aliphatic hydroxyl groups excluding tert-OH is 1. The predicted molar refractivity (Wildman–Crippen MR) is 42.5 cm³/mol. The van der Waals surface area contributed by atoms with Gasteiger partial charge in [-0.2, -0.15) is 4.31 Å². The van der Waals surface area contributed by atoms with Crippen LogP contribution >= 0.6 is 15.6 Å². The first-order valence-electron chi connectivity index (χ1n) is 3.18. The molecule has 15 heavy (non-hydrogen) atoms. The minimum Gasteiger partial charge on any atom is -0.479 e. The number of hydrogen-bond acceptors (Lipinski definition) is 6. The second-order valence-electron chi connectivity index (χ2n) is 2.19. The highest BCUT2D eigenvalue weighted by atomic mass is 31.3. The molecule has 2 atom stereocenters. The van der Waals surface area contributed by atoms with Crippen LogP contribution in [0.2, 0.25) is 0 Å². The van der Waals surface area contributed by atoms with Crippen LogP contribution in [0.3, 0.4) is 0 Å². The van der Waals surface area contributed by atoms with Crippen LogP contribution in [0.1, 0.15) is 0 Å². The molecule has 0 heterocycles. The monoisotopic (exact) mass is 266 g/mol. The molecule has 12 heteroatoms. The molecule has 0 rings (SSSR count). The van der Waals surface area contributed by atoms with E-state index in [0.29, 0.717) is 0 Å². The summed E-state index contributed by atoms with van der Waals surface area (Å²) in [6.45, 7) is -1.15. The Morgan fingerprint density at radius 3 is 2.07 bits per heavy atom. The zero-order valence-corrected chi connectivity index (χ0v) is 8.75. The molecule has 0 aliphatic rings. The summed E-state index contributed by atoms with van der Waals surface area (Å²) in [7, 11) is -10.3. The van der Waals surface area contributed by atoms with Gasteiger partial charge >= 0.3 is 21.6 Å². The lowest BCUT2D eigenvalue weighted by molar-refractivity contribution is -0.148. The van der Waals surface area contributed by atoms with Crippen molar-refractivity contribution < 1.29 is 47.7 Å². The molecule has 0 amide bonds. The highest BCUT2D eigenvalue weighted by Crippen LogP contribution is 2.57. The summed E-state index contributed by atoms with van der Waals surface area (Å²) in [5.74, 6) is -1.73. The topological polar surface area (TPSA) is 171 Å². The highest BCUT2D eigenvalue weighted by molar-refractivity contribution is 7.60. The molecule has 0 saturated heterocycles. The Morgan fingerprint density at radius 1 is 1.27 bits per heavy atom. The van der Waals surface area contributed by atoms with Crippen molar-refractivity contribution in [3.05, 3.63) is 0 Å². The normalized spacial score (nSPS) is 18.1. The van der Waals surface area contributed by atoms with Crippen LogP contribution in [0.15, 0.2) is 0 Å². The van der Waals surface area contributed by atoms with Crippen molar-refractivity contribution in [3.8, 4) is 0 Å². The summed E-state index contributed by atoms with van der Waals surface area (Å²) in [5, 5.41) is 16.7. The molecular weight excluding hydrogens is 258 g/mol. The van der Waals surface area contributed by atoms with E-state index in [0.717, 1.165) is 0 Å². The molecule has 0 aromatic carbocycles. The van der Waals surface area contributed by atoms with Crippen molar-refractivity contribution in [2.75, 3.05) is 6.61 Å². The maximum Gasteiger partial charge on any atom is 0.481 e. The van der Waals surface area contributed by atoms with E-state index in [1.807, 2.05) is 0 Å². The number of carboxylic acid groups (broad SMARTS) is 1. The highest BCUT2D eigenvalue weighted by Gasteiger charge is 2.33. The fourth-order valence-corrected chi connectivity index (χ4v) is 1.99. The van der Waals surface area contributed by atoms with Crippen LogP contribution in [0.5, 0.6) is 0 Å². The second kappa shape index (κ2) is 5.15. The van der Waals surface area contributed by atoms with Crippen LogP contribution in [-0.4, -0.2) is 43.6 Å². The SMILES string of the molecule is O=C(O)C(O)COP(=O)(O)OP(=O)(O)O. The lowest BCUT2D eigenvalue weighted by atomic mass is 10.4. The quantitative estimate of drug-likeness (QED) is 0.362. The Labute approximate surface area is 82.9 Å². The molecule has 0 aromatic heterocycles. The second-order valence-corrected chi connectivity index (χ2v) is 5.02. The molecule has 0 fully saturated rings. The maximum absolute atomic E-state index is 10.7. The molecular formula is C3H8O10P2. The van der Waals surface area contributed by atoms with Crippen molar-refractivity contribution in [3.63, 3.8) is 0 Å².